The van der Waals surface area contributed by atoms with E-state index in [1.54, 1.807) is 17.4 Å². The number of anilines is 2. The van der Waals surface area contributed by atoms with E-state index in [2.05, 4.69) is 20.1 Å². The van der Waals surface area contributed by atoms with E-state index in [0.717, 1.165) is 59.8 Å². The van der Waals surface area contributed by atoms with Gasteiger partial charge in [0.2, 0.25) is 0 Å². The maximum absolute atomic E-state index is 9.41. The van der Waals surface area contributed by atoms with Gasteiger partial charge in [-0.3, -0.25) is 5.10 Å². The van der Waals surface area contributed by atoms with Crippen LogP contribution in [0.2, 0.25) is 10.0 Å². The monoisotopic (exact) mass is 451 g/mol. The third kappa shape index (κ3) is 4.23. The van der Waals surface area contributed by atoms with E-state index in [1.165, 1.54) is 6.33 Å². The number of H-pyrrole nitrogens is 1. The van der Waals surface area contributed by atoms with Gasteiger partial charge >= 0.3 is 0 Å². The lowest BCUT2D eigenvalue weighted by Crippen LogP contribution is -2.28. The van der Waals surface area contributed by atoms with Gasteiger partial charge in [0, 0.05) is 35.8 Å². The topological polar surface area (TPSA) is 91.1 Å². The van der Waals surface area contributed by atoms with Gasteiger partial charge in [0.25, 0.3) is 0 Å². The number of rotatable bonds is 5. The Kier molecular flexibility index (Phi) is 6.29. The molecule has 1 saturated heterocycles. The van der Waals surface area contributed by atoms with Gasteiger partial charge in [-0.05, 0) is 37.3 Å². The molecule has 0 spiro atoms. The highest BCUT2D eigenvalue weighted by molar-refractivity contribution is 7.20. The molecule has 1 atom stereocenters. The van der Waals surface area contributed by atoms with E-state index in [4.69, 9.17) is 28.9 Å². The molecule has 9 heteroatoms. The van der Waals surface area contributed by atoms with Gasteiger partial charge in [-0.2, -0.15) is 5.10 Å². The molecule has 29 heavy (non-hydrogen) atoms. The highest BCUT2D eigenvalue weighted by Gasteiger charge is 2.27. The minimum Gasteiger partial charge on any atom is -0.396 e. The Hall–Kier alpha value is -1.80. The van der Waals surface area contributed by atoms with Crippen molar-refractivity contribution in [3.05, 3.63) is 34.6 Å². The number of benzene rings is 1. The van der Waals surface area contributed by atoms with Crippen LogP contribution < -0.4 is 10.6 Å². The number of thiophene rings is 1. The molecule has 1 fully saturated rings. The van der Waals surface area contributed by atoms with Crippen molar-refractivity contribution in [2.45, 2.75) is 25.7 Å². The quantitative estimate of drug-likeness (QED) is 0.502. The standard InChI is InChI=1S/C20H23Cl2N5OS/c21-13-4-5-14(15(22)9-13)16-17(23)20(29-18(16)19-24-11-25-26-19)27-7-2-1-3-12(10-27)6-8-28/h4-5,9,11-12,28H,1-3,6-8,10,23H2,(H,24,25,26). The Labute approximate surface area is 183 Å². The Bertz CT molecular complexity index is 976. The number of aromatic nitrogens is 3. The van der Waals surface area contributed by atoms with Crippen molar-refractivity contribution in [1.82, 2.24) is 15.2 Å². The SMILES string of the molecule is Nc1c(N2CCCCC(CCO)C2)sc(-c2ncn[nH]2)c1-c1ccc(Cl)cc1Cl. The van der Waals surface area contributed by atoms with E-state index in [1.807, 2.05) is 12.1 Å². The van der Waals surface area contributed by atoms with Gasteiger partial charge in [-0.1, -0.05) is 35.7 Å². The zero-order chi connectivity index (χ0) is 20.4. The van der Waals surface area contributed by atoms with Crippen LogP contribution in [0.1, 0.15) is 25.7 Å². The summed E-state index contributed by atoms with van der Waals surface area (Å²) in [6.07, 6.45) is 5.70. The second-order valence-corrected chi connectivity index (χ2v) is 9.15. The molecule has 0 bridgehead atoms. The molecule has 0 amide bonds. The zero-order valence-electron chi connectivity index (χ0n) is 15.9. The van der Waals surface area contributed by atoms with Gasteiger partial charge in [-0.25, -0.2) is 4.98 Å². The van der Waals surface area contributed by atoms with Gasteiger partial charge < -0.3 is 15.7 Å². The second-order valence-electron chi connectivity index (χ2n) is 7.30. The molecule has 1 aromatic carbocycles. The zero-order valence-corrected chi connectivity index (χ0v) is 18.2. The second kappa shape index (κ2) is 8.92. The molecule has 3 aromatic rings. The normalized spacial score (nSPS) is 17.5. The number of aliphatic hydroxyl groups excluding tert-OH is 1. The molecule has 0 saturated carbocycles. The van der Waals surface area contributed by atoms with Gasteiger partial charge in [0.1, 0.15) is 11.3 Å². The molecule has 1 aliphatic heterocycles. The van der Waals surface area contributed by atoms with E-state index < -0.39 is 0 Å². The summed E-state index contributed by atoms with van der Waals surface area (Å²) in [4.78, 5) is 7.60. The molecule has 1 aliphatic rings. The molecule has 2 aromatic heterocycles. The molecule has 0 radical (unpaired) electrons. The van der Waals surface area contributed by atoms with Crippen LogP contribution in [0.25, 0.3) is 21.8 Å². The third-order valence-electron chi connectivity index (χ3n) is 5.35. The molecule has 1 unspecified atom stereocenters. The fraction of sp³-hybridized carbons (Fsp3) is 0.400. The summed E-state index contributed by atoms with van der Waals surface area (Å²) in [6, 6.07) is 5.43. The van der Waals surface area contributed by atoms with Crippen LogP contribution in [0, 0.1) is 5.92 Å². The predicted molar refractivity (Wildman–Crippen MR) is 121 cm³/mol. The van der Waals surface area contributed by atoms with Gasteiger partial charge in [-0.15, -0.1) is 11.3 Å². The van der Waals surface area contributed by atoms with Gasteiger partial charge in [0.05, 0.1) is 15.6 Å². The fourth-order valence-corrected chi connectivity index (χ4v) is 5.66. The van der Waals surface area contributed by atoms with E-state index >= 15 is 0 Å². The van der Waals surface area contributed by atoms with Crippen LogP contribution in [0.15, 0.2) is 24.5 Å². The molecular formula is C20H23Cl2N5OS. The first kappa shape index (κ1) is 20.5. The highest BCUT2D eigenvalue weighted by atomic mass is 35.5. The van der Waals surface area contributed by atoms with Crippen LogP contribution in [-0.2, 0) is 0 Å². The first-order valence-electron chi connectivity index (χ1n) is 9.67. The van der Waals surface area contributed by atoms with Crippen LogP contribution >= 0.6 is 34.5 Å². The number of nitrogen functional groups attached to an aromatic ring is 1. The fourth-order valence-electron chi connectivity index (χ4n) is 3.94. The molecule has 3 heterocycles. The summed E-state index contributed by atoms with van der Waals surface area (Å²) < 4.78 is 0. The average Bonchev–Trinajstić information content (AvgIpc) is 3.26. The van der Waals surface area contributed by atoms with Crippen molar-refractivity contribution in [2.75, 3.05) is 30.3 Å². The van der Waals surface area contributed by atoms with Crippen LogP contribution in [0.5, 0.6) is 0 Å². The minimum absolute atomic E-state index is 0.216. The summed E-state index contributed by atoms with van der Waals surface area (Å²) in [6.45, 7) is 2.04. The first-order chi connectivity index (χ1) is 14.1. The van der Waals surface area contributed by atoms with Gasteiger partial charge in [0.15, 0.2) is 5.82 Å². The van der Waals surface area contributed by atoms with Crippen molar-refractivity contribution in [3.8, 4) is 21.8 Å². The summed E-state index contributed by atoms with van der Waals surface area (Å²) in [5, 5.41) is 18.5. The smallest absolute Gasteiger partial charge is 0.166 e. The highest BCUT2D eigenvalue weighted by Crippen LogP contribution is 2.50. The Balaban J connectivity index is 1.82. The maximum Gasteiger partial charge on any atom is 0.166 e. The molecule has 6 nitrogen and oxygen atoms in total. The van der Waals surface area contributed by atoms with Crippen LogP contribution in [0.3, 0.4) is 0 Å². The van der Waals surface area contributed by atoms with E-state index in [0.29, 0.717) is 27.5 Å². The van der Waals surface area contributed by atoms with E-state index in [-0.39, 0.29) is 6.61 Å². The number of hydrogen-bond acceptors (Lipinski definition) is 6. The number of nitrogens with two attached hydrogens (primary N) is 1. The van der Waals surface area contributed by atoms with Crippen molar-refractivity contribution < 1.29 is 5.11 Å². The number of nitrogens with one attached hydrogen (secondary N) is 1. The summed E-state index contributed by atoms with van der Waals surface area (Å²) in [7, 11) is 0. The lowest BCUT2D eigenvalue weighted by Gasteiger charge is -2.25. The third-order valence-corrected chi connectivity index (χ3v) is 7.17. The lowest BCUT2D eigenvalue weighted by atomic mass is 10.00. The van der Waals surface area contributed by atoms with Crippen LogP contribution in [0.4, 0.5) is 10.7 Å². The molecule has 4 rings (SSSR count). The maximum atomic E-state index is 9.41. The Morgan fingerprint density at radius 2 is 2.17 bits per heavy atom. The number of aromatic amines is 1. The van der Waals surface area contributed by atoms with E-state index in [9.17, 15) is 5.11 Å². The lowest BCUT2D eigenvalue weighted by molar-refractivity contribution is 0.254. The Morgan fingerprint density at radius 3 is 2.90 bits per heavy atom. The number of nitrogens with zero attached hydrogens (tertiary/aromatic N) is 3. The molecule has 4 N–H and O–H groups in total. The van der Waals surface area contributed by atoms with Crippen molar-refractivity contribution in [3.63, 3.8) is 0 Å². The summed E-state index contributed by atoms with van der Waals surface area (Å²) >= 11 is 14.2. The van der Waals surface area contributed by atoms with Crippen molar-refractivity contribution in [1.29, 1.82) is 0 Å². The molecule has 154 valence electrons. The first-order valence-corrected chi connectivity index (χ1v) is 11.2. The Morgan fingerprint density at radius 1 is 1.31 bits per heavy atom. The largest absolute Gasteiger partial charge is 0.396 e. The number of hydrogen-bond donors (Lipinski definition) is 3. The number of halogens is 2. The van der Waals surface area contributed by atoms with Crippen molar-refractivity contribution >= 4 is 45.2 Å². The average molecular weight is 452 g/mol. The molecule has 0 aliphatic carbocycles. The summed E-state index contributed by atoms with van der Waals surface area (Å²) in [5.41, 5.74) is 9.08. The van der Waals surface area contributed by atoms with Crippen LogP contribution in [-0.4, -0.2) is 40.0 Å². The van der Waals surface area contributed by atoms with Crippen molar-refractivity contribution in [2.24, 2.45) is 5.92 Å². The minimum atomic E-state index is 0.216. The summed E-state index contributed by atoms with van der Waals surface area (Å²) in [5.74, 6) is 1.12. The molecular weight excluding hydrogens is 429 g/mol. The predicted octanol–water partition coefficient (Wildman–Crippen LogP) is 5.08. The number of aliphatic hydroxyl groups is 1.